The summed E-state index contributed by atoms with van der Waals surface area (Å²) in [7, 11) is 0. The number of hydrogen-bond donors (Lipinski definition) is 2. The molecule has 0 saturated carbocycles. The number of aromatic nitrogens is 2. The third-order valence-corrected chi connectivity index (χ3v) is 2.68. The molecular formula is C13H17N3O. The molecule has 2 aromatic rings. The molecule has 1 amide bonds. The second kappa shape index (κ2) is 4.99. The molecule has 90 valence electrons. The molecule has 0 aromatic carbocycles. The standard InChI is InChI=1S/C13H17N3O/c1-9(2)3-6-15-13(17)11-7-10-4-5-14-8-12(10)16-11/h4-5,7-9,16H,3,6H2,1-2H3,(H,15,17). The fourth-order valence-electron chi connectivity index (χ4n) is 1.66. The molecule has 0 bridgehead atoms. The van der Waals surface area contributed by atoms with Crippen LogP contribution >= 0.6 is 0 Å². The van der Waals surface area contributed by atoms with Crippen LogP contribution in [0.1, 0.15) is 30.8 Å². The van der Waals surface area contributed by atoms with Gasteiger partial charge in [0.25, 0.3) is 5.91 Å². The van der Waals surface area contributed by atoms with Crippen LogP contribution in [-0.4, -0.2) is 22.4 Å². The summed E-state index contributed by atoms with van der Waals surface area (Å²) in [6.45, 7) is 4.99. The monoisotopic (exact) mass is 231 g/mol. The molecule has 2 rings (SSSR count). The van der Waals surface area contributed by atoms with E-state index in [0.717, 1.165) is 17.3 Å². The summed E-state index contributed by atoms with van der Waals surface area (Å²) in [4.78, 5) is 18.9. The predicted octanol–water partition coefficient (Wildman–Crippen LogP) is 2.34. The Hall–Kier alpha value is -1.84. The lowest BCUT2D eigenvalue weighted by Crippen LogP contribution is -2.25. The van der Waals surface area contributed by atoms with E-state index in [0.29, 0.717) is 18.2 Å². The number of pyridine rings is 1. The molecule has 0 spiro atoms. The minimum Gasteiger partial charge on any atom is -0.351 e. The third-order valence-electron chi connectivity index (χ3n) is 2.68. The van der Waals surface area contributed by atoms with Gasteiger partial charge >= 0.3 is 0 Å². The van der Waals surface area contributed by atoms with Gasteiger partial charge in [-0.15, -0.1) is 0 Å². The Bertz CT molecular complexity index is 483. The molecule has 0 unspecified atom stereocenters. The Labute approximate surface area is 100 Å². The van der Waals surface area contributed by atoms with Crippen molar-refractivity contribution >= 4 is 16.8 Å². The smallest absolute Gasteiger partial charge is 0.267 e. The van der Waals surface area contributed by atoms with Gasteiger partial charge in [0, 0.05) is 18.1 Å². The number of hydrogen-bond acceptors (Lipinski definition) is 2. The minimum absolute atomic E-state index is 0.0538. The molecule has 0 atom stereocenters. The first-order valence-electron chi connectivity index (χ1n) is 5.88. The van der Waals surface area contributed by atoms with E-state index < -0.39 is 0 Å². The number of nitrogens with zero attached hydrogens (tertiary/aromatic N) is 1. The van der Waals surface area contributed by atoms with E-state index in [9.17, 15) is 4.79 Å². The Balaban J connectivity index is 2.04. The van der Waals surface area contributed by atoms with Crippen molar-refractivity contribution in [2.24, 2.45) is 5.92 Å². The normalized spacial score (nSPS) is 11.0. The largest absolute Gasteiger partial charge is 0.351 e. The van der Waals surface area contributed by atoms with E-state index >= 15 is 0 Å². The van der Waals surface area contributed by atoms with Crippen LogP contribution in [0, 0.1) is 5.92 Å². The van der Waals surface area contributed by atoms with Crippen LogP contribution < -0.4 is 5.32 Å². The van der Waals surface area contributed by atoms with Gasteiger partial charge < -0.3 is 10.3 Å². The van der Waals surface area contributed by atoms with Crippen molar-refractivity contribution in [1.82, 2.24) is 15.3 Å². The average Bonchev–Trinajstić information content (AvgIpc) is 2.71. The first kappa shape index (κ1) is 11.6. The Kier molecular flexibility index (Phi) is 3.42. The zero-order valence-electron chi connectivity index (χ0n) is 10.2. The summed E-state index contributed by atoms with van der Waals surface area (Å²) in [5, 5.41) is 3.91. The zero-order valence-corrected chi connectivity index (χ0v) is 10.2. The Morgan fingerprint density at radius 1 is 1.53 bits per heavy atom. The van der Waals surface area contributed by atoms with Gasteiger partial charge in [-0.2, -0.15) is 0 Å². The van der Waals surface area contributed by atoms with Gasteiger partial charge in [0.15, 0.2) is 0 Å². The molecule has 0 saturated heterocycles. The highest BCUT2D eigenvalue weighted by Gasteiger charge is 2.08. The number of amides is 1. The summed E-state index contributed by atoms with van der Waals surface area (Å²) in [6, 6.07) is 3.73. The van der Waals surface area contributed by atoms with Crippen LogP contribution in [0.15, 0.2) is 24.5 Å². The van der Waals surface area contributed by atoms with Crippen molar-refractivity contribution in [2.75, 3.05) is 6.54 Å². The predicted molar refractivity (Wildman–Crippen MR) is 67.9 cm³/mol. The van der Waals surface area contributed by atoms with Crippen molar-refractivity contribution in [1.29, 1.82) is 0 Å². The quantitative estimate of drug-likeness (QED) is 0.848. The number of nitrogens with one attached hydrogen (secondary N) is 2. The van der Waals surface area contributed by atoms with Crippen LogP contribution in [-0.2, 0) is 0 Å². The summed E-state index contributed by atoms with van der Waals surface area (Å²) in [5.41, 5.74) is 1.48. The van der Waals surface area contributed by atoms with Gasteiger partial charge in [-0.05, 0) is 24.5 Å². The third kappa shape index (κ3) is 2.84. The van der Waals surface area contributed by atoms with Crippen molar-refractivity contribution in [3.05, 3.63) is 30.2 Å². The molecule has 0 fully saturated rings. The molecule has 0 radical (unpaired) electrons. The SMILES string of the molecule is CC(C)CCNC(=O)c1cc2ccncc2[nH]1. The zero-order chi connectivity index (χ0) is 12.3. The Morgan fingerprint density at radius 2 is 2.35 bits per heavy atom. The van der Waals surface area contributed by atoms with Crippen molar-refractivity contribution in [2.45, 2.75) is 20.3 Å². The molecule has 0 aliphatic heterocycles. The van der Waals surface area contributed by atoms with Gasteiger partial charge in [0.05, 0.1) is 11.7 Å². The molecule has 2 heterocycles. The highest BCUT2D eigenvalue weighted by molar-refractivity contribution is 5.97. The number of carbonyl (C=O) groups is 1. The van der Waals surface area contributed by atoms with Crippen molar-refractivity contribution < 1.29 is 4.79 Å². The summed E-state index contributed by atoms with van der Waals surface area (Å²) >= 11 is 0. The summed E-state index contributed by atoms with van der Waals surface area (Å²) in [6.07, 6.45) is 4.43. The van der Waals surface area contributed by atoms with E-state index in [2.05, 4.69) is 29.1 Å². The number of rotatable bonds is 4. The van der Waals surface area contributed by atoms with Gasteiger partial charge in [-0.1, -0.05) is 13.8 Å². The van der Waals surface area contributed by atoms with Crippen LogP contribution in [0.3, 0.4) is 0 Å². The number of carbonyl (C=O) groups excluding carboxylic acids is 1. The maximum atomic E-state index is 11.8. The maximum Gasteiger partial charge on any atom is 0.267 e. The fraction of sp³-hybridized carbons (Fsp3) is 0.385. The molecule has 4 nitrogen and oxygen atoms in total. The number of aromatic amines is 1. The molecule has 4 heteroatoms. The van der Waals surface area contributed by atoms with E-state index in [-0.39, 0.29) is 5.91 Å². The summed E-state index contributed by atoms with van der Waals surface area (Å²) in [5.74, 6) is 0.545. The fourth-order valence-corrected chi connectivity index (χ4v) is 1.66. The van der Waals surface area contributed by atoms with E-state index in [4.69, 9.17) is 0 Å². The highest BCUT2D eigenvalue weighted by Crippen LogP contribution is 2.13. The second-order valence-corrected chi connectivity index (χ2v) is 4.58. The second-order valence-electron chi connectivity index (χ2n) is 4.58. The van der Waals surface area contributed by atoms with Crippen LogP contribution in [0.4, 0.5) is 0 Å². The highest BCUT2D eigenvalue weighted by atomic mass is 16.1. The lowest BCUT2D eigenvalue weighted by molar-refractivity contribution is 0.0948. The lowest BCUT2D eigenvalue weighted by atomic mass is 10.1. The van der Waals surface area contributed by atoms with Crippen LogP contribution in [0.25, 0.3) is 10.9 Å². The first-order chi connectivity index (χ1) is 8.16. The van der Waals surface area contributed by atoms with Crippen molar-refractivity contribution in [3.63, 3.8) is 0 Å². The molecule has 17 heavy (non-hydrogen) atoms. The average molecular weight is 231 g/mol. The maximum absolute atomic E-state index is 11.8. The van der Waals surface area contributed by atoms with E-state index in [1.165, 1.54) is 0 Å². The molecule has 0 aliphatic rings. The lowest BCUT2D eigenvalue weighted by Gasteiger charge is -2.05. The molecular weight excluding hydrogens is 214 g/mol. The molecule has 0 aliphatic carbocycles. The molecule has 2 aromatic heterocycles. The van der Waals surface area contributed by atoms with Gasteiger partial charge in [0.1, 0.15) is 5.69 Å². The number of H-pyrrole nitrogens is 1. The molecule has 2 N–H and O–H groups in total. The van der Waals surface area contributed by atoms with Gasteiger partial charge in [0.2, 0.25) is 0 Å². The van der Waals surface area contributed by atoms with Crippen LogP contribution in [0.5, 0.6) is 0 Å². The van der Waals surface area contributed by atoms with Gasteiger partial charge in [-0.25, -0.2) is 0 Å². The van der Waals surface area contributed by atoms with E-state index in [1.807, 2.05) is 12.1 Å². The first-order valence-corrected chi connectivity index (χ1v) is 5.88. The Morgan fingerprint density at radius 3 is 3.06 bits per heavy atom. The number of fused-ring (bicyclic) bond motifs is 1. The summed E-state index contributed by atoms with van der Waals surface area (Å²) < 4.78 is 0. The minimum atomic E-state index is -0.0538. The van der Waals surface area contributed by atoms with Crippen LogP contribution in [0.2, 0.25) is 0 Å². The van der Waals surface area contributed by atoms with E-state index in [1.54, 1.807) is 12.4 Å². The van der Waals surface area contributed by atoms with Gasteiger partial charge in [-0.3, -0.25) is 9.78 Å². The van der Waals surface area contributed by atoms with Crippen molar-refractivity contribution in [3.8, 4) is 0 Å². The topological polar surface area (TPSA) is 57.8 Å².